The van der Waals surface area contributed by atoms with E-state index in [9.17, 15) is 14.0 Å². The van der Waals surface area contributed by atoms with Gasteiger partial charge in [0.1, 0.15) is 5.82 Å². The Balaban J connectivity index is 1.60. The Morgan fingerprint density at radius 3 is 2.68 bits per heavy atom. The first-order valence-electron chi connectivity index (χ1n) is 7.63. The molecule has 0 unspecified atom stereocenters. The van der Waals surface area contributed by atoms with Gasteiger partial charge in [0.25, 0.3) is 5.91 Å². The standard InChI is InChI=1S/C16H19FN4O3S/c1-10-3-4-12(7-13(10)17)16(23)19-6-5-18-15(22)9-25-8-14-20-11(2)24-21-14/h3-4,7H,5-6,8-9H2,1-2H3,(H,18,22)(H,19,23). The number of nitrogens with one attached hydrogen (secondary N) is 2. The molecule has 0 bridgehead atoms. The lowest BCUT2D eigenvalue weighted by Crippen LogP contribution is -2.35. The zero-order chi connectivity index (χ0) is 18.2. The topological polar surface area (TPSA) is 97.1 Å². The maximum Gasteiger partial charge on any atom is 0.251 e. The van der Waals surface area contributed by atoms with Gasteiger partial charge in [-0.25, -0.2) is 4.39 Å². The third kappa shape index (κ3) is 6.18. The van der Waals surface area contributed by atoms with Gasteiger partial charge >= 0.3 is 0 Å². The van der Waals surface area contributed by atoms with E-state index in [2.05, 4.69) is 20.8 Å². The number of carbonyl (C=O) groups excluding carboxylic acids is 2. The third-order valence-corrected chi connectivity index (χ3v) is 4.13. The summed E-state index contributed by atoms with van der Waals surface area (Å²) in [7, 11) is 0. The molecule has 9 heteroatoms. The van der Waals surface area contributed by atoms with E-state index in [1.165, 1.54) is 17.8 Å². The summed E-state index contributed by atoms with van der Waals surface area (Å²) < 4.78 is 18.3. The number of thioether (sulfide) groups is 1. The Hall–Kier alpha value is -2.42. The van der Waals surface area contributed by atoms with Crippen LogP contribution in [0.2, 0.25) is 0 Å². The minimum absolute atomic E-state index is 0.152. The molecule has 25 heavy (non-hydrogen) atoms. The average molecular weight is 366 g/mol. The van der Waals surface area contributed by atoms with Crippen LogP contribution in [0.5, 0.6) is 0 Å². The Morgan fingerprint density at radius 2 is 2.00 bits per heavy atom. The average Bonchev–Trinajstić information content (AvgIpc) is 2.99. The van der Waals surface area contributed by atoms with Crippen molar-refractivity contribution in [3.63, 3.8) is 0 Å². The van der Waals surface area contributed by atoms with Crippen LogP contribution in [0.1, 0.15) is 27.6 Å². The molecule has 1 heterocycles. The molecule has 0 aliphatic heterocycles. The van der Waals surface area contributed by atoms with Crippen LogP contribution in [0.4, 0.5) is 4.39 Å². The van der Waals surface area contributed by atoms with Gasteiger partial charge < -0.3 is 15.2 Å². The normalized spacial score (nSPS) is 10.5. The fourth-order valence-electron chi connectivity index (χ4n) is 1.90. The van der Waals surface area contributed by atoms with Crippen molar-refractivity contribution in [1.82, 2.24) is 20.8 Å². The van der Waals surface area contributed by atoms with Gasteiger partial charge in [-0.1, -0.05) is 11.2 Å². The van der Waals surface area contributed by atoms with Crippen molar-refractivity contribution in [1.29, 1.82) is 0 Å². The molecule has 0 aliphatic rings. The van der Waals surface area contributed by atoms with E-state index >= 15 is 0 Å². The predicted molar refractivity (Wildman–Crippen MR) is 91.7 cm³/mol. The molecule has 2 rings (SSSR count). The van der Waals surface area contributed by atoms with Gasteiger partial charge in [-0.15, -0.1) is 11.8 Å². The van der Waals surface area contributed by atoms with Crippen LogP contribution in [0.25, 0.3) is 0 Å². The largest absolute Gasteiger partial charge is 0.354 e. The molecule has 7 nitrogen and oxygen atoms in total. The Kier molecular flexibility index (Phi) is 6.93. The van der Waals surface area contributed by atoms with Gasteiger partial charge in [-0.05, 0) is 24.6 Å². The second-order valence-electron chi connectivity index (χ2n) is 5.29. The van der Waals surface area contributed by atoms with Crippen molar-refractivity contribution in [3.05, 3.63) is 46.9 Å². The fraction of sp³-hybridized carbons (Fsp3) is 0.375. The van der Waals surface area contributed by atoms with Crippen molar-refractivity contribution in [2.75, 3.05) is 18.8 Å². The van der Waals surface area contributed by atoms with Crippen LogP contribution in [-0.2, 0) is 10.5 Å². The molecule has 1 aromatic heterocycles. The number of benzene rings is 1. The van der Waals surface area contributed by atoms with Crippen LogP contribution < -0.4 is 10.6 Å². The zero-order valence-corrected chi connectivity index (χ0v) is 14.8. The molecule has 0 spiro atoms. The SMILES string of the molecule is Cc1nc(CSCC(=O)NCCNC(=O)c2ccc(C)c(F)c2)no1. The molecule has 2 aromatic rings. The molecule has 2 amide bonds. The first kappa shape index (κ1) is 18.9. The van der Waals surface area contributed by atoms with Crippen molar-refractivity contribution in [2.45, 2.75) is 19.6 Å². The van der Waals surface area contributed by atoms with Crippen molar-refractivity contribution < 1.29 is 18.5 Å². The number of carbonyl (C=O) groups is 2. The van der Waals surface area contributed by atoms with E-state index in [1.54, 1.807) is 26.0 Å². The predicted octanol–water partition coefficient (Wildman–Crippen LogP) is 1.60. The molecular weight excluding hydrogens is 347 g/mol. The van der Waals surface area contributed by atoms with Crippen LogP contribution in [0.3, 0.4) is 0 Å². The summed E-state index contributed by atoms with van der Waals surface area (Å²) in [6, 6.07) is 4.30. The van der Waals surface area contributed by atoms with E-state index in [0.717, 1.165) is 0 Å². The summed E-state index contributed by atoms with van der Waals surface area (Å²) in [5.74, 6) is 0.827. The maximum atomic E-state index is 13.4. The summed E-state index contributed by atoms with van der Waals surface area (Å²) >= 11 is 1.37. The van der Waals surface area contributed by atoms with Crippen LogP contribution in [0, 0.1) is 19.7 Å². The number of halogens is 1. The Morgan fingerprint density at radius 1 is 1.24 bits per heavy atom. The number of hydrogen-bond donors (Lipinski definition) is 2. The molecule has 0 atom stereocenters. The number of hydrogen-bond acceptors (Lipinski definition) is 6. The lowest BCUT2D eigenvalue weighted by molar-refractivity contribution is -0.118. The Bertz CT molecular complexity index is 751. The molecule has 0 saturated carbocycles. The first-order valence-corrected chi connectivity index (χ1v) is 8.79. The van der Waals surface area contributed by atoms with E-state index in [0.29, 0.717) is 29.6 Å². The lowest BCUT2D eigenvalue weighted by Gasteiger charge is -2.07. The van der Waals surface area contributed by atoms with Gasteiger partial charge in [-0.2, -0.15) is 4.98 Å². The minimum atomic E-state index is -0.422. The van der Waals surface area contributed by atoms with Gasteiger partial charge in [0.2, 0.25) is 11.8 Å². The monoisotopic (exact) mass is 366 g/mol. The number of rotatable bonds is 8. The summed E-state index contributed by atoms with van der Waals surface area (Å²) in [5.41, 5.74) is 0.734. The second-order valence-corrected chi connectivity index (χ2v) is 6.28. The lowest BCUT2D eigenvalue weighted by atomic mass is 10.1. The van der Waals surface area contributed by atoms with Gasteiger partial charge in [0.05, 0.1) is 11.5 Å². The highest BCUT2D eigenvalue weighted by Crippen LogP contribution is 2.09. The highest BCUT2D eigenvalue weighted by molar-refractivity contribution is 7.99. The molecule has 2 N–H and O–H groups in total. The summed E-state index contributed by atoms with van der Waals surface area (Å²) in [6.45, 7) is 3.88. The summed E-state index contributed by atoms with van der Waals surface area (Å²) in [4.78, 5) is 27.6. The molecule has 0 saturated heterocycles. The van der Waals surface area contributed by atoms with Crippen LogP contribution >= 0.6 is 11.8 Å². The zero-order valence-electron chi connectivity index (χ0n) is 14.0. The molecule has 0 fully saturated rings. The second kappa shape index (κ2) is 9.16. The van der Waals surface area contributed by atoms with E-state index in [4.69, 9.17) is 4.52 Å². The summed E-state index contributed by atoms with van der Waals surface area (Å²) in [5, 5.41) is 9.05. The highest BCUT2D eigenvalue weighted by atomic mass is 32.2. The van der Waals surface area contributed by atoms with Crippen LogP contribution in [0.15, 0.2) is 22.7 Å². The smallest absolute Gasteiger partial charge is 0.251 e. The Labute approximate surface area is 148 Å². The molecular formula is C16H19FN4O3S. The van der Waals surface area contributed by atoms with E-state index < -0.39 is 5.82 Å². The van der Waals surface area contributed by atoms with E-state index in [-0.39, 0.29) is 29.7 Å². The van der Waals surface area contributed by atoms with Crippen molar-refractivity contribution >= 4 is 23.6 Å². The highest BCUT2D eigenvalue weighted by Gasteiger charge is 2.08. The number of amides is 2. The van der Waals surface area contributed by atoms with Gasteiger partial charge in [0.15, 0.2) is 5.82 Å². The van der Waals surface area contributed by atoms with Gasteiger partial charge in [-0.3, -0.25) is 9.59 Å². The minimum Gasteiger partial charge on any atom is -0.354 e. The third-order valence-electron chi connectivity index (χ3n) is 3.20. The fourth-order valence-corrected chi connectivity index (χ4v) is 2.59. The summed E-state index contributed by atoms with van der Waals surface area (Å²) in [6.07, 6.45) is 0. The first-order chi connectivity index (χ1) is 12.0. The van der Waals surface area contributed by atoms with Crippen molar-refractivity contribution in [3.8, 4) is 0 Å². The van der Waals surface area contributed by atoms with Crippen molar-refractivity contribution in [2.24, 2.45) is 0 Å². The number of aryl methyl sites for hydroxylation is 2. The molecule has 134 valence electrons. The van der Waals surface area contributed by atoms with E-state index in [1.807, 2.05) is 0 Å². The molecule has 0 radical (unpaired) electrons. The number of nitrogens with zero attached hydrogens (tertiary/aromatic N) is 2. The van der Waals surface area contributed by atoms with Gasteiger partial charge in [0, 0.05) is 25.6 Å². The van der Waals surface area contributed by atoms with Crippen LogP contribution in [-0.4, -0.2) is 40.8 Å². The number of aromatic nitrogens is 2. The maximum absolute atomic E-state index is 13.4. The molecule has 1 aromatic carbocycles. The quantitative estimate of drug-likeness (QED) is 0.689. The molecule has 0 aliphatic carbocycles.